The first kappa shape index (κ1) is 14.2. The van der Waals surface area contributed by atoms with E-state index in [1.165, 1.54) is 11.3 Å². The highest BCUT2D eigenvalue weighted by Gasteiger charge is 2.28. The van der Waals surface area contributed by atoms with Crippen LogP contribution in [0.4, 0.5) is 0 Å². The highest BCUT2D eigenvalue weighted by atomic mass is 32.1. The van der Waals surface area contributed by atoms with Gasteiger partial charge in [-0.3, -0.25) is 9.78 Å². The fourth-order valence-electron chi connectivity index (χ4n) is 2.74. The number of rotatable bonds is 4. The van der Waals surface area contributed by atoms with Crippen LogP contribution in [0.15, 0.2) is 30.6 Å². The molecule has 1 aliphatic carbocycles. The Balaban J connectivity index is 1.70. The predicted molar refractivity (Wildman–Crippen MR) is 83.0 cm³/mol. The molecule has 2 heterocycles. The van der Waals surface area contributed by atoms with Gasteiger partial charge >= 0.3 is 0 Å². The summed E-state index contributed by atoms with van der Waals surface area (Å²) in [7, 11) is 0. The second-order valence-electron chi connectivity index (χ2n) is 5.25. The molecule has 1 aliphatic rings. The van der Waals surface area contributed by atoms with Crippen molar-refractivity contribution < 1.29 is 4.79 Å². The monoisotopic (exact) mass is 302 g/mol. The van der Waals surface area contributed by atoms with Gasteiger partial charge in [0.05, 0.1) is 11.9 Å². The van der Waals surface area contributed by atoms with E-state index in [1.54, 1.807) is 12.4 Å². The van der Waals surface area contributed by atoms with E-state index in [4.69, 9.17) is 5.73 Å². The van der Waals surface area contributed by atoms with Gasteiger partial charge in [-0.15, -0.1) is 11.3 Å². The minimum absolute atomic E-state index is 0.0555. The van der Waals surface area contributed by atoms with Crippen molar-refractivity contribution in [3.8, 4) is 10.7 Å². The number of amides is 1. The van der Waals surface area contributed by atoms with Gasteiger partial charge in [0.25, 0.3) is 5.91 Å². The lowest BCUT2D eigenvalue weighted by Gasteiger charge is -2.18. The Labute approximate surface area is 127 Å². The van der Waals surface area contributed by atoms with Gasteiger partial charge < -0.3 is 11.1 Å². The molecule has 21 heavy (non-hydrogen) atoms. The van der Waals surface area contributed by atoms with E-state index in [2.05, 4.69) is 15.3 Å². The number of nitrogens with two attached hydrogens (primary N) is 1. The Kier molecular flexibility index (Phi) is 4.26. The van der Waals surface area contributed by atoms with E-state index in [0.29, 0.717) is 17.3 Å². The Bertz CT molecular complexity index is 613. The van der Waals surface area contributed by atoms with Crippen molar-refractivity contribution in [2.45, 2.75) is 25.3 Å². The molecule has 2 unspecified atom stereocenters. The molecule has 5 nitrogen and oxygen atoms in total. The zero-order valence-electron chi connectivity index (χ0n) is 11.7. The van der Waals surface area contributed by atoms with Crippen LogP contribution in [0.25, 0.3) is 10.7 Å². The molecule has 1 saturated carbocycles. The highest BCUT2D eigenvalue weighted by molar-refractivity contribution is 7.16. The molecule has 0 radical (unpaired) electrons. The molecule has 2 aromatic rings. The third kappa shape index (κ3) is 3.11. The number of hydrogen-bond acceptors (Lipinski definition) is 5. The summed E-state index contributed by atoms with van der Waals surface area (Å²) in [6.45, 7) is 0.632. The molecule has 3 rings (SSSR count). The first-order chi connectivity index (χ1) is 10.3. The second-order valence-corrected chi connectivity index (χ2v) is 6.28. The number of thiazole rings is 1. The van der Waals surface area contributed by atoms with Crippen LogP contribution >= 0.6 is 11.3 Å². The molecule has 2 atom stereocenters. The third-order valence-electron chi connectivity index (χ3n) is 3.89. The molecule has 1 fully saturated rings. The van der Waals surface area contributed by atoms with Gasteiger partial charge in [0.15, 0.2) is 0 Å². The number of nitrogens with zero attached hydrogens (tertiary/aromatic N) is 2. The Morgan fingerprint density at radius 1 is 1.38 bits per heavy atom. The normalized spacial score (nSPS) is 21.4. The quantitative estimate of drug-likeness (QED) is 0.906. The molecule has 3 N–H and O–H groups in total. The maximum Gasteiger partial charge on any atom is 0.263 e. The molecule has 0 spiro atoms. The van der Waals surface area contributed by atoms with Crippen LogP contribution in [0.1, 0.15) is 28.9 Å². The zero-order chi connectivity index (χ0) is 14.7. The van der Waals surface area contributed by atoms with Crippen LogP contribution in [0.5, 0.6) is 0 Å². The molecule has 0 aromatic carbocycles. The van der Waals surface area contributed by atoms with Crippen LogP contribution in [0, 0.1) is 5.92 Å². The van der Waals surface area contributed by atoms with Crippen LogP contribution in [0.3, 0.4) is 0 Å². The summed E-state index contributed by atoms with van der Waals surface area (Å²) in [5.41, 5.74) is 6.54. The van der Waals surface area contributed by atoms with Crippen LogP contribution in [-0.4, -0.2) is 28.5 Å². The molecule has 0 saturated heterocycles. The van der Waals surface area contributed by atoms with Gasteiger partial charge in [-0.2, -0.15) is 0 Å². The van der Waals surface area contributed by atoms with Crippen molar-refractivity contribution in [2.75, 3.05) is 6.54 Å². The van der Waals surface area contributed by atoms with E-state index in [-0.39, 0.29) is 11.9 Å². The average molecular weight is 302 g/mol. The molecular formula is C15H18N4OS. The summed E-state index contributed by atoms with van der Waals surface area (Å²) in [6.07, 6.45) is 6.59. The van der Waals surface area contributed by atoms with Gasteiger partial charge in [0.1, 0.15) is 9.88 Å². The summed E-state index contributed by atoms with van der Waals surface area (Å²) < 4.78 is 0. The number of carbonyl (C=O) groups is 1. The number of nitrogens with one attached hydrogen (secondary N) is 1. The maximum atomic E-state index is 12.3. The fourth-order valence-corrected chi connectivity index (χ4v) is 3.53. The van der Waals surface area contributed by atoms with E-state index in [0.717, 1.165) is 30.0 Å². The van der Waals surface area contributed by atoms with Crippen LogP contribution in [0.2, 0.25) is 0 Å². The molecule has 110 valence electrons. The Morgan fingerprint density at radius 2 is 2.29 bits per heavy atom. The summed E-state index contributed by atoms with van der Waals surface area (Å²) >= 11 is 1.37. The second kappa shape index (κ2) is 6.32. The summed E-state index contributed by atoms with van der Waals surface area (Å²) in [6, 6.07) is 5.86. The first-order valence-corrected chi connectivity index (χ1v) is 7.97. The minimum Gasteiger partial charge on any atom is -0.348 e. The summed E-state index contributed by atoms with van der Waals surface area (Å²) in [4.78, 5) is 21.5. The molecule has 0 aliphatic heterocycles. The molecular weight excluding hydrogens is 284 g/mol. The lowest BCUT2D eigenvalue weighted by Crippen LogP contribution is -2.39. The van der Waals surface area contributed by atoms with E-state index < -0.39 is 0 Å². The van der Waals surface area contributed by atoms with Crippen molar-refractivity contribution in [1.82, 2.24) is 15.3 Å². The van der Waals surface area contributed by atoms with Crippen LogP contribution in [-0.2, 0) is 0 Å². The SMILES string of the molecule is NCC1CCCC1NC(=O)c1cnc(-c2ccccn2)s1. The number of carbonyl (C=O) groups excluding carboxylic acids is 1. The Hall–Kier alpha value is -1.79. The standard InChI is InChI=1S/C15H18N4OS/c16-8-10-4-3-6-11(10)19-14(20)13-9-18-15(21-13)12-5-1-2-7-17-12/h1-2,5,7,9-11H,3-4,6,8,16H2,(H,19,20). The van der Waals surface area contributed by atoms with Crippen molar-refractivity contribution >= 4 is 17.2 Å². The van der Waals surface area contributed by atoms with Gasteiger partial charge in [0, 0.05) is 12.2 Å². The topological polar surface area (TPSA) is 80.9 Å². The number of pyridine rings is 1. The lowest BCUT2D eigenvalue weighted by atomic mass is 10.0. The largest absolute Gasteiger partial charge is 0.348 e. The average Bonchev–Trinajstić information content (AvgIpc) is 3.17. The molecule has 2 aromatic heterocycles. The van der Waals surface area contributed by atoms with Crippen molar-refractivity contribution in [1.29, 1.82) is 0 Å². The van der Waals surface area contributed by atoms with E-state index in [1.807, 2.05) is 18.2 Å². The van der Waals surface area contributed by atoms with Crippen LogP contribution < -0.4 is 11.1 Å². The van der Waals surface area contributed by atoms with E-state index >= 15 is 0 Å². The lowest BCUT2D eigenvalue weighted by molar-refractivity contribution is 0.0932. The third-order valence-corrected chi connectivity index (χ3v) is 4.91. The molecule has 6 heteroatoms. The van der Waals surface area contributed by atoms with Crippen molar-refractivity contribution in [3.63, 3.8) is 0 Å². The van der Waals surface area contributed by atoms with Gasteiger partial charge in [-0.1, -0.05) is 12.5 Å². The Morgan fingerprint density at radius 3 is 3.05 bits per heavy atom. The first-order valence-electron chi connectivity index (χ1n) is 7.16. The smallest absolute Gasteiger partial charge is 0.263 e. The van der Waals surface area contributed by atoms with Crippen molar-refractivity contribution in [3.05, 3.63) is 35.5 Å². The zero-order valence-corrected chi connectivity index (χ0v) is 12.5. The predicted octanol–water partition coefficient (Wildman–Crippen LogP) is 2.06. The van der Waals surface area contributed by atoms with Gasteiger partial charge in [-0.05, 0) is 37.4 Å². The van der Waals surface area contributed by atoms with Gasteiger partial charge in [-0.25, -0.2) is 4.98 Å². The minimum atomic E-state index is -0.0555. The number of hydrogen-bond donors (Lipinski definition) is 2. The maximum absolute atomic E-state index is 12.3. The number of aromatic nitrogens is 2. The fraction of sp³-hybridized carbons (Fsp3) is 0.400. The van der Waals surface area contributed by atoms with Gasteiger partial charge in [0.2, 0.25) is 0 Å². The summed E-state index contributed by atoms with van der Waals surface area (Å²) in [5.74, 6) is 0.345. The highest BCUT2D eigenvalue weighted by Crippen LogP contribution is 2.26. The molecule has 0 bridgehead atoms. The molecule has 1 amide bonds. The van der Waals surface area contributed by atoms with E-state index in [9.17, 15) is 4.79 Å². The van der Waals surface area contributed by atoms with Crippen molar-refractivity contribution in [2.24, 2.45) is 11.7 Å². The summed E-state index contributed by atoms with van der Waals surface area (Å²) in [5, 5.41) is 3.86.